The minimum absolute atomic E-state index is 0.160. The van der Waals surface area contributed by atoms with Gasteiger partial charge in [0.25, 0.3) is 5.82 Å². The van der Waals surface area contributed by atoms with Crippen LogP contribution >= 0.6 is 0 Å². The van der Waals surface area contributed by atoms with E-state index in [0.717, 1.165) is 22.9 Å². The fourth-order valence-electron chi connectivity index (χ4n) is 1.50. The first-order valence-electron chi connectivity index (χ1n) is 5.17. The molecule has 2 aromatic rings. The molecule has 18 heavy (non-hydrogen) atoms. The molecule has 0 aliphatic carbocycles. The predicted octanol–water partition coefficient (Wildman–Crippen LogP) is 1.81. The summed E-state index contributed by atoms with van der Waals surface area (Å²) in [5.41, 5.74) is -0.160. The first-order chi connectivity index (χ1) is 8.52. The molecule has 7 heteroatoms. The lowest BCUT2D eigenvalue weighted by atomic mass is 10.3. The molecule has 0 radical (unpaired) electrons. The van der Waals surface area contributed by atoms with Crippen LogP contribution in [0, 0.1) is 11.6 Å². The second kappa shape index (κ2) is 4.52. The zero-order valence-electron chi connectivity index (χ0n) is 9.39. The van der Waals surface area contributed by atoms with Crippen LogP contribution in [-0.4, -0.2) is 25.8 Å². The molecule has 0 aliphatic rings. The number of nitrogens with zero attached hydrogens (tertiary/aromatic N) is 3. The van der Waals surface area contributed by atoms with Gasteiger partial charge in [-0.3, -0.25) is 0 Å². The Bertz CT molecular complexity index is 610. The third-order valence-corrected chi connectivity index (χ3v) is 2.32. The Morgan fingerprint density at radius 1 is 1.44 bits per heavy atom. The van der Waals surface area contributed by atoms with Crippen molar-refractivity contribution in [2.75, 3.05) is 0 Å². The molecule has 0 aliphatic heterocycles. The van der Waals surface area contributed by atoms with E-state index in [2.05, 4.69) is 10.1 Å². The van der Waals surface area contributed by atoms with E-state index in [0.29, 0.717) is 6.42 Å². The normalized spacial score (nSPS) is 10.6. The fraction of sp³-hybridized carbons (Fsp3) is 0.182. The topological polar surface area (TPSA) is 68.0 Å². The SMILES string of the molecule is CCc1nc(C(=O)O)nn1-c1cc(F)ccc1F. The summed E-state index contributed by atoms with van der Waals surface area (Å²) >= 11 is 0. The van der Waals surface area contributed by atoms with E-state index in [-0.39, 0.29) is 11.5 Å². The summed E-state index contributed by atoms with van der Waals surface area (Å²) in [7, 11) is 0. The van der Waals surface area contributed by atoms with E-state index in [1.54, 1.807) is 6.92 Å². The Kier molecular flexibility index (Phi) is 3.05. The lowest BCUT2D eigenvalue weighted by molar-refractivity contribution is 0.0683. The zero-order valence-corrected chi connectivity index (χ0v) is 9.39. The van der Waals surface area contributed by atoms with Crippen LogP contribution < -0.4 is 0 Å². The van der Waals surface area contributed by atoms with Crippen molar-refractivity contribution in [3.05, 3.63) is 41.5 Å². The van der Waals surface area contributed by atoms with Crippen LogP contribution in [0.2, 0.25) is 0 Å². The zero-order chi connectivity index (χ0) is 13.3. The van der Waals surface area contributed by atoms with Gasteiger partial charge in [-0.1, -0.05) is 6.92 Å². The third kappa shape index (κ3) is 2.06. The van der Waals surface area contributed by atoms with Crippen molar-refractivity contribution in [1.82, 2.24) is 14.8 Å². The van der Waals surface area contributed by atoms with Gasteiger partial charge in [0.1, 0.15) is 23.1 Å². The molecule has 1 aromatic heterocycles. The first kappa shape index (κ1) is 12.2. The van der Waals surface area contributed by atoms with Gasteiger partial charge in [-0.25, -0.2) is 23.2 Å². The maximum absolute atomic E-state index is 13.6. The molecule has 0 saturated carbocycles. The Balaban J connectivity index is 2.62. The molecule has 0 unspecified atom stereocenters. The molecule has 1 heterocycles. The van der Waals surface area contributed by atoms with Crippen LogP contribution in [0.4, 0.5) is 8.78 Å². The molecular weight excluding hydrogens is 244 g/mol. The van der Waals surface area contributed by atoms with Crippen LogP contribution in [0.1, 0.15) is 23.4 Å². The van der Waals surface area contributed by atoms with Gasteiger partial charge in [-0.05, 0) is 12.1 Å². The highest BCUT2D eigenvalue weighted by atomic mass is 19.1. The summed E-state index contributed by atoms with van der Waals surface area (Å²) in [5, 5.41) is 12.4. The summed E-state index contributed by atoms with van der Waals surface area (Å²) in [6.07, 6.45) is 0.343. The predicted molar refractivity (Wildman–Crippen MR) is 57.6 cm³/mol. The van der Waals surface area contributed by atoms with Gasteiger partial charge < -0.3 is 5.11 Å². The number of benzene rings is 1. The molecule has 5 nitrogen and oxygen atoms in total. The summed E-state index contributed by atoms with van der Waals surface area (Å²) in [6.45, 7) is 1.71. The molecule has 2 rings (SSSR count). The largest absolute Gasteiger partial charge is 0.475 e. The van der Waals surface area contributed by atoms with Crippen molar-refractivity contribution in [1.29, 1.82) is 0 Å². The van der Waals surface area contributed by atoms with E-state index in [9.17, 15) is 13.6 Å². The highest BCUT2D eigenvalue weighted by Gasteiger charge is 2.17. The van der Waals surface area contributed by atoms with E-state index in [1.165, 1.54) is 0 Å². The smallest absolute Gasteiger partial charge is 0.375 e. The van der Waals surface area contributed by atoms with Crippen molar-refractivity contribution in [2.24, 2.45) is 0 Å². The number of halogens is 2. The lowest BCUT2D eigenvalue weighted by Crippen LogP contribution is -2.06. The van der Waals surface area contributed by atoms with Gasteiger partial charge in [0, 0.05) is 12.5 Å². The van der Waals surface area contributed by atoms with Gasteiger partial charge in [0.05, 0.1) is 0 Å². The average Bonchev–Trinajstić information content (AvgIpc) is 2.76. The number of carboxylic acid groups (broad SMARTS) is 1. The molecule has 0 amide bonds. The van der Waals surface area contributed by atoms with Crippen LogP contribution in [0.5, 0.6) is 0 Å². The van der Waals surface area contributed by atoms with Crippen molar-refractivity contribution in [3.63, 3.8) is 0 Å². The van der Waals surface area contributed by atoms with Gasteiger partial charge >= 0.3 is 5.97 Å². The number of rotatable bonds is 3. The molecule has 0 spiro atoms. The first-order valence-corrected chi connectivity index (χ1v) is 5.17. The molecule has 0 saturated heterocycles. The van der Waals surface area contributed by atoms with E-state index in [4.69, 9.17) is 5.11 Å². The number of hydrogen-bond acceptors (Lipinski definition) is 3. The number of aryl methyl sites for hydroxylation is 1. The van der Waals surface area contributed by atoms with Crippen molar-refractivity contribution < 1.29 is 18.7 Å². The maximum Gasteiger partial charge on any atom is 0.375 e. The van der Waals surface area contributed by atoms with Gasteiger partial charge in [-0.15, -0.1) is 5.10 Å². The van der Waals surface area contributed by atoms with Crippen LogP contribution in [0.3, 0.4) is 0 Å². The molecule has 1 aromatic carbocycles. The number of carboxylic acids is 1. The quantitative estimate of drug-likeness (QED) is 0.905. The van der Waals surface area contributed by atoms with Crippen LogP contribution in [0.15, 0.2) is 18.2 Å². The minimum Gasteiger partial charge on any atom is -0.475 e. The van der Waals surface area contributed by atoms with Crippen molar-refractivity contribution in [2.45, 2.75) is 13.3 Å². The van der Waals surface area contributed by atoms with Crippen molar-refractivity contribution >= 4 is 5.97 Å². The van der Waals surface area contributed by atoms with Gasteiger partial charge in [-0.2, -0.15) is 0 Å². The van der Waals surface area contributed by atoms with E-state index < -0.39 is 23.4 Å². The fourth-order valence-corrected chi connectivity index (χ4v) is 1.50. The molecular formula is C11H9F2N3O2. The molecule has 94 valence electrons. The second-order valence-electron chi connectivity index (χ2n) is 3.52. The summed E-state index contributed by atoms with van der Waals surface area (Å²) in [4.78, 5) is 14.5. The Labute approximate surface area is 101 Å². The Morgan fingerprint density at radius 2 is 2.17 bits per heavy atom. The maximum atomic E-state index is 13.6. The second-order valence-corrected chi connectivity index (χ2v) is 3.52. The summed E-state index contributed by atoms with van der Waals surface area (Å²) in [5.74, 6) is -2.86. The number of aromatic nitrogens is 3. The van der Waals surface area contributed by atoms with Crippen molar-refractivity contribution in [3.8, 4) is 5.69 Å². The van der Waals surface area contributed by atoms with Gasteiger partial charge in [0.15, 0.2) is 0 Å². The van der Waals surface area contributed by atoms with Crippen LogP contribution in [-0.2, 0) is 6.42 Å². The standard InChI is InChI=1S/C11H9F2N3O2/c1-2-9-14-10(11(17)18)15-16(9)8-5-6(12)3-4-7(8)13/h3-5H,2H2,1H3,(H,17,18). The Hall–Kier alpha value is -2.31. The highest BCUT2D eigenvalue weighted by molar-refractivity contribution is 5.83. The molecule has 1 N–H and O–H groups in total. The number of aromatic carboxylic acids is 1. The van der Waals surface area contributed by atoms with Crippen LogP contribution in [0.25, 0.3) is 5.69 Å². The summed E-state index contributed by atoms with van der Waals surface area (Å²) < 4.78 is 27.7. The number of hydrogen-bond donors (Lipinski definition) is 1. The van der Waals surface area contributed by atoms with E-state index in [1.807, 2.05) is 0 Å². The van der Waals surface area contributed by atoms with Gasteiger partial charge in [0.2, 0.25) is 0 Å². The average molecular weight is 253 g/mol. The molecule has 0 atom stereocenters. The highest BCUT2D eigenvalue weighted by Crippen LogP contribution is 2.16. The Morgan fingerprint density at radius 3 is 2.78 bits per heavy atom. The third-order valence-electron chi connectivity index (χ3n) is 2.32. The minimum atomic E-state index is -1.32. The molecule has 0 fully saturated rings. The summed E-state index contributed by atoms with van der Waals surface area (Å²) in [6, 6.07) is 2.86. The lowest BCUT2D eigenvalue weighted by Gasteiger charge is -2.05. The number of carbonyl (C=O) groups is 1. The van der Waals surface area contributed by atoms with E-state index >= 15 is 0 Å². The molecule has 0 bridgehead atoms. The monoisotopic (exact) mass is 253 g/mol.